The average Bonchev–Trinajstić information content (AvgIpc) is 3.22. The number of esters is 1. The van der Waals surface area contributed by atoms with Gasteiger partial charge in [0.1, 0.15) is 0 Å². The van der Waals surface area contributed by atoms with Crippen LogP contribution < -0.4 is 21.5 Å². The van der Waals surface area contributed by atoms with Crippen LogP contribution >= 0.6 is 0 Å². The molecular formula is C22H23F3N6O4. The van der Waals surface area contributed by atoms with Gasteiger partial charge in [-0.25, -0.2) is 9.59 Å². The van der Waals surface area contributed by atoms with Crippen molar-refractivity contribution < 1.29 is 22.7 Å². The summed E-state index contributed by atoms with van der Waals surface area (Å²) in [6.07, 6.45) is -2.94. The van der Waals surface area contributed by atoms with Gasteiger partial charge in [0, 0.05) is 27.2 Å². The van der Waals surface area contributed by atoms with Crippen molar-refractivity contribution in [2.45, 2.75) is 19.3 Å². The number of para-hydroxylation sites is 1. The number of carbonyl (C=O) groups excluding carboxylic acids is 1. The molecule has 0 aliphatic carbocycles. The Morgan fingerprint density at radius 2 is 1.91 bits per heavy atom. The quantitative estimate of drug-likeness (QED) is 0.548. The SMILES string of the molecule is C/C=C\c1ccccc1-n1c(N2CCNCC2OC(=O)C(F)(F)F)nc2c1c(=O)n(C)c(=O)n2C. The van der Waals surface area contributed by atoms with Crippen molar-refractivity contribution in [3.8, 4) is 5.69 Å². The van der Waals surface area contributed by atoms with E-state index in [1.807, 2.05) is 6.92 Å². The van der Waals surface area contributed by atoms with Crippen LogP contribution in [0.3, 0.4) is 0 Å². The molecule has 0 spiro atoms. The molecule has 1 aliphatic rings. The Morgan fingerprint density at radius 1 is 1.20 bits per heavy atom. The fourth-order valence-corrected chi connectivity index (χ4v) is 4.02. The Labute approximate surface area is 196 Å². The molecule has 1 N–H and O–H groups in total. The van der Waals surface area contributed by atoms with E-state index < -0.39 is 29.6 Å². The molecule has 1 atom stereocenters. The van der Waals surface area contributed by atoms with Gasteiger partial charge >= 0.3 is 17.8 Å². The van der Waals surface area contributed by atoms with Gasteiger partial charge in [0.2, 0.25) is 5.95 Å². The van der Waals surface area contributed by atoms with E-state index in [0.29, 0.717) is 17.8 Å². The minimum Gasteiger partial charge on any atom is -0.433 e. The highest BCUT2D eigenvalue weighted by atomic mass is 19.4. The van der Waals surface area contributed by atoms with Crippen LogP contribution in [0.4, 0.5) is 19.1 Å². The number of halogens is 3. The summed E-state index contributed by atoms with van der Waals surface area (Å²) in [4.78, 5) is 43.4. The van der Waals surface area contributed by atoms with Crippen LogP contribution in [0.25, 0.3) is 22.9 Å². The monoisotopic (exact) mass is 492 g/mol. The maximum atomic E-state index is 13.3. The summed E-state index contributed by atoms with van der Waals surface area (Å²) in [5, 5.41) is 2.90. The number of anilines is 1. The highest BCUT2D eigenvalue weighted by molar-refractivity contribution is 5.80. The zero-order valence-electron chi connectivity index (χ0n) is 19.2. The third-order valence-electron chi connectivity index (χ3n) is 5.69. The molecule has 186 valence electrons. The van der Waals surface area contributed by atoms with E-state index in [2.05, 4.69) is 10.3 Å². The summed E-state index contributed by atoms with van der Waals surface area (Å²) in [6, 6.07) is 7.06. The topological polar surface area (TPSA) is 103 Å². The standard InChI is InChI=1S/C22H23F3N6O4/c1-4-7-13-8-5-6-9-14(13)31-16-17(28(2)21(34)29(3)18(16)32)27-20(31)30-11-10-26-12-15(30)35-19(33)22(23,24)25/h4-9,15,26H,10-12H2,1-3H3/b7-4-. The molecule has 1 aliphatic heterocycles. The molecule has 10 nitrogen and oxygen atoms in total. The summed E-state index contributed by atoms with van der Waals surface area (Å²) in [5.41, 5.74) is 0.0735. The second-order valence-corrected chi connectivity index (χ2v) is 7.94. The lowest BCUT2D eigenvalue weighted by molar-refractivity contribution is -0.205. The zero-order valence-corrected chi connectivity index (χ0v) is 19.2. The van der Waals surface area contributed by atoms with Crippen LogP contribution in [-0.2, 0) is 23.6 Å². The van der Waals surface area contributed by atoms with Crippen LogP contribution in [0.5, 0.6) is 0 Å². The van der Waals surface area contributed by atoms with Crippen LogP contribution in [-0.4, -0.2) is 56.7 Å². The van der Waals surface area contributed by atoms with Gasteiger partial charge in [0.25, 0.3) is 5.56 Å². The molecule has 2 aromatic heterocycles. The molecule has 3 heterocycles. The van der Waals surface area contributed by atoms with Crippen molar-refractivity contribution >= 4 is 29.2 Å². The molecule has 1 aromatic carbocycles. The molecule has 3 aromatic rings. The molecule has 0 bridgehead atoms. The molecule has 13 heteroatoms. The Kier molecular flexibility index (Phi) is 6.28. The van der Waals surface area contributed by atoms with Gasteiger partial charge in [0.05, 0.1) is 12.2 Å². The number of nitrogens with one attached hydrogen (secondary N) is 1. The molecular weight excluding hydrogens is 469 g/mol. The van der Waals surface area contributed by atoms with E-state index in [9.17, 15) is 27.6 Å². The first-order chi connectivity index (χ1) is 16.6. The first-order valence-corrected chi connectivity index (χ1v) is 10.7. The second kappa shape index (κ2) is 9.06. The maximum Gasteiger partial charge on any atom is 0.491 e. The van der Waals surface area contributed by atoms with E-state index >= 15 is 0 Å². The van der Waals surface area contributed by atoms with Crippen LogP contribution in [0.2, 0.25) is 0 Å². The highest BCUT2D eigenvalue weighted by Gasteiger charge is 2.44. The van der Waals surface area contributed by atoms with Crippen molar-refractivity contribution in [1.29, 1.82) is 0 Å². The smallest absolute Gasteiger partial charge is 0.433 e. The normalized spacial score (nSPS) is 16.9. The van der Waals surface area contributed by atoms with Crippen LogP contribution in [0.15, 0.2) is 39.9 Å². The second-order valence-electron chi connectivity index (χ2n) is 7.94. The van der Waals surface area contributed by atoms with Gasteiger partial charge in [-0.1, -0.05) is 30.4 Å². The summed E-state index contributed by atoms with van der Waals surface area (Å²) in [6.45, 7) is 2.20. The van der Waals surface area contributed by atoms with Gasteiger partial charge in [-0.3, -0.25) is 18.5 Å². The summed E-state index contributed by atoms with van der Waals surface area (Å²) in [5.74, 6) is -2.27. The number of piperazine rings is 1. The lowest BCUT2D eigenvalue weighted by Crippen LogP contribution is -2.55. The number of aromatic nitrogens is 4. The van der Waals surface area contributed by atoms with E-state index in [4.69, 9.17) is 4.74 Å². The molecule has 0 amide bonds. The number of nitrogens with zero attached hydrogens (tertiary/aromatic N) is 5. The summed E-state index contributed by atoms with van der Waals surface area (Å²) >= 11 is 0. The van der Waals surface area contributed by atoms with Gasteiger partial charge in [-0.15, -0.1) is 0 Å². The van der Waals surface area contributed by atoms with Crippen molar-refractivity contribution in [3.63, 3.8) is 0 Å². The van der Waals surface area contributed by atoms with Crippen LogP contribution in [0, 0.1) is 0 Å². The lowest BCUT2D eigenvalue weighted by Gasteiger charge is -2.36. The lowest BCUT2D eigenvalue weighted by atomic mass is 10.1. The Morgan fingerprint density at radius 3 is 2.60 bits per heavy atom. The molecule has 1 saturated heterocycles. The first-order valence-electron chi connectivity index (χ1n) is 10.7. The minimum atomic E-state index is -5.18. The van der Waals surface area contributed by atoms with E-state index in [1.54, 1.807) is 36.4 Å². The van der Waals surface area contributed by atoms with Gasteiger partial charge < -0.3 is 15.0 Å². The van der Waals surface area contributed by atoms with Crippen molar-refractivity contribution in [3.05, 3.63) is 56.7 Å². The predicted octanol–water partition coefficient (Wildman–Crippen LogP) is 1.30. The molecule has 1 unspecified atom stereocenters. The van der Waals surface area contributed by atoms with Gasteiger partial charge in [0.15, 0.2) is 17.4 Å². The number of allylic oxidation sites excluding steroid dienone is 1. The number of imidazole rings is 1. The summed E-state index contributed by atoms with van der Waals surface area (Å²) in [7, 11) is 2.78. The number of hydrogen-bond donors (Lipinski definition) is 1. The molecule has 4 rings (SSSR count). The highest BCUT2D eigenvalue weighted by Crippen LogP contribution is 2.30. The number of rotatable bonds is 4. The molecule has 35 heavy (non-hydrogen) atoms. The Hall–Kier alpha value is -3.87. The number of aryl methyl sites for hydroxylation is 1. The fourth-order valence-electron chi connectivity index (χ4n) is 4.02. The molecule has 0 radical (unpaired) electrons. The number of ether oxygens (including phenoxy) is 1. The van der Waals surface area contributed by atoms with E-state index in [0.717, 1.165) is 4.57 Å². The zero-order chi connectivity index (χ0) is 25.5. The van der Waals surface area contributed by atoms with Gasteiger partial charge in [-0.2, -0.15) is 18.2 Å². The summed E-state index contributed by atoms with van der Waals surface area (Å²) < 4.78 is 47.2. The number of carbonyl (C=O) groups is 1. The first kappa shape index (κ1) is 24.3. The van der Waals surface area contributed by atoms with E-state index in [1.165, 1.54) is 28.1 Å². The fraction of sp³-hybridized carbons (Fsp3) is 0.364. The number of fused-ring (bicyclic) bond motifs is 1. The van der Waals surface area contributed by atoms with E-state index in [-0.39, 0.29) is 30.2 Å². The Bertz CT molecular complexity index is 1440. The third-order valence-corrected chi connectivity index (χ3v) is 5.69. The van der Waals surface area contributed by atoms with Crippen molar-refractivity contribution in [1.82, 2.24) is 24.0 Å². The largest absolute Gasteiger partial charge is 0.491 e. The van der Waals surface area contributed by atoms with Gasteiger partial charge in [-0.05, 0) is 18.6 Å². The minimum absolute atomic E-state index is 0.0443. The van der Waals surface area contributed by atoms with Crippen LogP contribution in [0.1, 0.15) is 12.5 Å². The Balaban J connectivity index is 2.03. The number of hydrogen-bond acceptors (Lipinski definition) is 7. The number of alkyl halides is 3. The molecule has 0 saturated carbocycles. The predicted molar refractivity (Wildman–Crippen MR) is 122 cm³/mol. The third kappa shape index (κ3) is 4.22. The van der Waals surface area contributed by atoms with Crippen molar-refractivity contribution in [2.75, 3.05) is 24.5 Å². The number of benzene rings is 1. The molecule has 1 fully saturated rings. The average molecular weight is 492 g/mol. The maximum absolute atomic E-state index is 13.3. The van der Waals surface area contributed by atoms with Crippen molar-refractivity contribution in [2.24, 2.45) is 14.1 Å².